The van der Waals surface area contributed by atoms with Gasteiger partial charge < -0.3 is 10.6 Å². The van der Waals surface area contributed by atoms with Crippen LogP contribution in [-0.4, -0.2) is 23.9 Å². The summed E-state index contributed by atoms with van der Waals surface area (Å²) >= 11 is 0. The summed E-state index contributed by atoms with van der Waals surface area (Å²) in [6, 6.07) is 5.67. The molecule has 0 saturated carbocycles. The molecule has 0 aromatic heterocycles. The zero-order valence-electron chi connectivity index (χ0n) is 12.2. The number of hydrogen-bond donors (Lipinski definition) is 1. The Balaban J connectivity index is 2.12. The van der Waals surface area contributed by atoms with E-state index in [2.05, 4.69) is 13.8 Å². The van der Waals surface area contributed by atoms with Crippen LogP contribution in [0.4, 0.5) is 5.69 Å². The summed E-state index contributed by atoms with van der Waals surface area (Å²) in [5.41, 5.74) is 8.67. The SMILES string of the molecule is CCC1(C)CCN(C(=O)c2cccc(C)c2N)CC1. The largest absolute Gasteiger partial charge is 0.398 e. The van der Waals surface area contributed by atoms with E-state index in [4.69, 9.17) is 5.73 Å². The lowest BCUT2D eigenvalue weighted by Gasteiger charge is -2.39. The van der Waals surface area contributed by atoms with Crippen LogP contribution in [0.15, 0.2) is 18.2 Å². The Morgan fingerprint density at radius 1 is 1.37 bits per heavy atom. The number of amides is 1. The highest BCUT2D eigenvalue weighted by atomic mass is 16.2. The van der Waals surface area contributed by atoms with E-state index >= 15 is 0 Å². The third kappa shape index (κ3) is 2.75. The molecule has 1 heterocycles. The van der Waals surface area contributed by atoms with Gasteiger partial charge >= 0.3 is 0 Å². The summed E-state index contributed by atoms with van der Waals surface area (Å²) in [6.07, 6.45) is 3.35. The first-order valence-corrected chi connectivity index (χ1v) is 7.11. The smallest absolute Gasteiger partial charge is 0.255 e. The van der Waals surface area contributed by atoms with Crippen molar-refractivity contribution in [2.24, 2.45) is 5.41 Å². The molecule has 1 aromatic rings. The Labute approximate surface area is 115 Å². The highest BCUT2D eigenvalue weighted by Gasteiger charge is 2.31. The van der Waals surface area contributed by atoms with Crippen LogP contribution in [0.2, 0.25) is 0 Å². The molecule has 19 heavy (non-hydrogen) atoms. The Kier molecular flexibility index (Phi) is 3.83. The van der Waals surface area contributed by atoms with Gasteiger partial charge in [-0.15, -0.1) is 0 Å². The van der Waals surface area contributed by atoms with Gasteiger partial charge in [-0.3, -0.25) is 4.79 Å². The molecule has 0 bridgehead atoms. The van der Waals surface area contributed by atoms with Gasteiger partial charge in [0.25, 0.3) is 5.91 Å². The van der Waals surface area contributed by atoms with Gasteiger partial charge in [-0.05, 0) is 36.8 Å². The minimum Gasteiger partial charge on any atom is -0.398 e. The number of piperidine rings is 1. The van der Waals surface area contributed by atoms with E-state index in [1.807, 2.05) is 30.0 Å². The highest BCUT2D eigenvalue weighted by molar-refractivity contribution is 5.99. The lowest BCUT2D eigenvalue weighted by Crippen LogP contribution is -2.42. The van der Waals surface area contributed by atoms with Crippen LogP contribution in [0.5, 0.6) is 0 Å². The van der Waals surface area contributed by atoms with Crippen LogP contribution in [0.25, 0.3) is 0 Å². The molecular formula is C16H24N2O. The number of nitrogens with two attached hydrogens (primary N) is 1. The number of nitrogens with zero attached hydrogens (tertiary/aromatic N) is 1. The van der Waals surface area contributed by atoms with Gasteiger partial charge in [-0.25, -0.2) is 0 Å². The summed E-state index contributed by atoms with van der Waals surface area (Å²) in [4.78, 5) is 14.5. The Hall–Kier alpha value is -1.51. The van der Waals surface area contributed by atoms with Gasteiger partial charge in [-0.2, -0.15) is 0 Å². The zero-order valence-corrected chi connectivity index (χ0v) is 12.2. The quantitative estimate of drug-likeness (QED) is 0.830. The van der Waals surface area contributed by atoms with E-state index in [1.165, 1.54) is 6.42 Å². The van der Waals surface area contributed by atoms with E-state index in [9.17, 15) is 4.79 Å². The van der Waals surface area contributed by atoms with Crippen LogP contribution in [-0.2, 0) is 0 Å². The molecule has 0 aliphatic carbocycles. The third-order valence-electron chi connectivity index (χ3n) is 4.67. The molecule has 0 radical (unpaired) electrons. The van der Waals surface area contributed by atoms with Gasteiger partial charge in [0.15, 0.2) is 0 Å². The molecule has 0 atom stereocenters. The minimum atomic E-state index is 0.0827. The molecule has 1 amide bonds. The first-order valence-electron chi connectivity index (χ1n) is 7.11. The molecule has 0 unspecified atom stereocenters. The van der Waals surface area contributed by atoms with Crippen molar-refractivity contribution in [1.29, 1.82) is 0 Å². The van der Waals surface area contributed by atoms with Crippen LogP contribution in [0.1, 0.15) is 49.0 Å². The maximum Gasteiger partial charge on any atom is 0.255 e. The molecule has 1 fully saturated rings. The summed E-state index contributed by atoms with van der Waals surface area (Å²) in [5, 5.41) is 0. The van der Waals surface area contributed by atoms with Crippen LogP contribution < -0.4 is 5.73 Å². The maximum absolute atomic E-state index is 12.5. The van der Waals surface area contributed by atoms with Crippen LogP contribution >= 0.6 is 0 Å². The predicted molar refractivity (Wildman–Crippen MR) is 79.1 cm³/mol. The van der Waals surface area contributed by atoms with E-state index in [0.717, 1.165) is 31.5 Å². The standard InChI is InChI=1S/C16H24N2O/c1-4-16(3)8-10-18(11-9-16)15(19)13-7-5-6-12(2)14(13)17/h5-7H,4,8-11,17H2,1-3H3. The van der Waals surface area contributed by atoms with Gasteiger partial charge in [0.1, 0.15) is 0 Å². The summed E-state index contributed by atoms with van der Waals surface area (Å²) in [5.74, 6) is 0.0827. The number of carbonyl (C=O) groups excluding carboxylic acids is 1. The monoisotopic (exact) mass is 260 g/mol. The highest BCUT2D eigenvalue weighted by Crippen LogP contribution is 2.34. The van der Waals surface area contributed by atoms with Crippen molar-refractivity contribution in [1.82, 2.24) is 4.90 Å². The van der Waals surface area contributed by atoms with Crippen LogP contribution in [0, 0.1) is 12.3 Å². The average molecular weight is 260 g/mol. The van der Waals surface area contributed by atoms with Crippen molar-refractivity contribution in [3.05, 3.63) is 29.3 Å². The molecular weight excluding hydrogens is 236 g/mol. The number of nitrogen functional groups attached to an aromatic ring is 1. The molecule has 1 saturated heterocycles. The van der Waals surface area contributed by atoms with Crippen molar-refractivity contribution < 1.29 is 4.79 Å². The number of benzene rings is 1. The molecule has 104 valence electrons. The number of carbonyl (C=O) groups is 1. The van der Waals surface area contributed by atoms with Gasteiger partial charge in [0.2, 0.25) is 0 Å². The number of aryl methyl sites for hydroxylation is 1. The number of rotatable bonds is 2. The maximum atomic E-state index is 12.5. The number of anilines is 1. The fourth-order valence-electron chi connectivity index (χ4n) is 2.64. The zero-order chi connectivity index (χ0) is 14.0. The van der Waals surface area contributed by atoms with E-state index in [1.54, 1.807) is 0 Å². The lowest BCUT2D eigenvalue weighted by atomic mass is 9.78. The Morgan fingerprint density at radius 3 is 2.58 bits per heavy atom. The Bertz CT molecular complexity index is 474. The second-order valence-electron chi connectivity index (χ2n) is 5.99. The van der Waals surface area contributed by atoms with Crippen LogP contribution in [0.3, 0.4) is 0 Å². The molecule has 3 nitrogen and oxygen atoms in total. The average Bonchev–Trinajstić information content (AvgIpc) is 2.42. The summed E-state index contributed by atoms with van der Waals surface area (Å²) in [7, 11) is 0. The molecule has 2 N–H and O–H groups in total. The van der Waals surface area contributed by atoms with Crippen molar-refractivity contribution in [3.8, 4) is 0 Å². The van der Waals surface area contributed by atoms with Gasteiger partial charge in [0.05, 0.1) is 5.56 Å². The summed E-state index contributed by atoms with van der Waals surface area (Å²) in [6.45, 7) is 8.18. The second kappa shape index (κ2) is 5.24. The number of hydrogen-bond acceptors (Lipinski definition) is 2. The summed E-state index contributed by atoms with van der Waals surface area (Å²) < 4.78 is 0. The number of para-hydroxylation sites is 1. The second-order valence-corrected chi connectivity index (χ2v) is 5.99. The molecule has 1 aliphatic rings. The Morgan fingerprint density at radius 2 is 2.00 bits per heavy atom. The molecule has 3 heteroatoms. The number of likely N-dealkylation sites (tertiary alicyclic amines) is 1. The molecule has 2 rings (SSSR count). The first-order chi connectivity index (χ1) is 8.97. The fraction of sp³-hybridized carbons (Fsp3) is 0.562. The topological polar surface area (TPSA) is 46.3 Å². The van der Waals surface area contributed by atoms with Gasteiger partial charge in [0, 0.05) is 18.8 Å². The van der Waals surface area contributed by atoms with E-state index in [-0.39, 0.29) is 5.91 Å². The van der Waals surface area contributed by atoms with Crippen molar-refractivity contribution in [2.75, 3.05) is 18.8 Å². The van der Waals surface area contributed by atoms with Crippen molar-refractivity contribution in [2.45, 2.75) is 40.0 Å². The first kappa shape index (κ1) is 13.9. The fourth-order valence-corrected chi connectivity index (χ4v) is 2.64. The normalized spacial score (nSPS) is 18.4. The molecule has 1 aromatic carbocycles. The van der Waals surface area contributed by atoms with E-state index in [0.29, 0.717) is 16.7 Å². The third-order valence-corrected chi connectivity index (χ3v) is 4.67. The predicted octanol–water partition coefficient (Wildman–Crippen LogP) is 3.23. The van der Waals surface area contributed by atoms with Crippen molar-refractivity contribution in [3.63, 3.8) is 0 Å². The minimum absolute atomic E-state index is 0.0827. The van der Waals surface area contributed by atoms with E-state index < -0.39 is 0 Å². The van der Waals surface area contributed by atoms with Crippen molar-refractivity contribution >= 4 is 11.6 Å². The van der Waals surface area contributed by atoms with Gasteiger partial charge in [-0.1, -0.05) is 32.4 Å². The lowest BCUT2D eigenvalue weighted by molar-refractivity contribution is 0.0601. The molecule has 0 spiro atoms. The molecule has 1 aliphatic heterocycles.